The smallest absolute Gasteiger partial charge is 0.284 e. The lowest BCUT2D eigenvalue weighted by molar-refractivity contribution is -0.114. The minimum Gasteiger partial charge on any atom is -0.383 e. The van der Waals surface area contributed by atoms with Crippen LogP contribution in [0.1, 0.15) is 18.9 Å². The van der Waals surface area contributed by atoms with Crippen molar-refractivity contribution in [1.82, 2.24) is 4.98 Å². The van der Waals surface area contributed by atoms with Gasteiger partial charge in [-0.2, -0.15) is 0 Å². The summed E-state index contributed by atoms with van der Waals surface area (Å²) in [5.74, 6) is -1.38. The third-order valence-corrected chi connectivity index (χ3v) is 8.51. The molecular weight excluding hydrogens is 619 g/mol. The average Bonchev–Trinajstić information content (AvgIpc) is 2.98. The van der Waals surface area contributed by atoms with Gasteiger partial charge in [-0.25, -0.2) is 22.9 Å². The summed E-state index contributed by atoms with van der Waals surface area (Å²) in [7, 11) is -3.96. The van der Waals surface area contributed by atoms with E-state index in [2.05, 4.69) is 26.2 Å². The van der Waals surface area contributed by atoms with E-state index in [1.54, 1.807) is 55.6 Å². The van der Waals surface area contributed by atoms with E-state index in [1.807, 2.05) is 42.5 Å². The maximum Gasteiger partial charge on any atom is 0.284 e. The zero-order valence-corrected chi connectivity index (χ0v) is 24.8. The van der Waals surface area contributed by atoms with Crippen LogP contribution in [0.3, 0.4) is 0 Å². The second kappa shape index (κ2) is 11.8. The monoisotopic (exact) mass is 644 g/mol. The number of nitrogens with one attached hydrogen (secondary N) is 1. The number of hydrogen-bond acceptors (Lipinski definition) is 5. The average molecular weight is 646 g/mol. The topological polar surface area (TPSA) is 128 Å². The second-order valence-electron chi connectivity index (χ2n) is 9.55. The van der Waals surface area contributed by atoms with Crippen LogP contribution in [0, 0.1) is 0 Å². The molecule has 1 heterocycles. The predicted molar refractivity (Wildman–Crippen MR) is 169 cm³/mol. The molecule has 5 aromatic rings. The Hall–Kier alpha value is -4.38. The summed E-state index contributed by atoms with van der Waals surface area (Å²) in [6.07, 6.45) is 1.94. The van der Waals surface area contributed by atoms with E-state index in [1.165, 1.54) is 6.07 Å². The fraction of sp³-hybridized carbons (Fsp3) is 0.0625. The van der Waals surface area contributed by atoms with Gasteiger partial charge in [-0.15, -0.1) is 0 Å². The lowest BCUT2D eigenvalue weighted by Crippen LogP contribution is -2.14. The number of sulfonamides is 1. The van der Waals surface area contributed by atoms with Crippen LogP contribution in [0.4, 0.5) is 15.9 Å². The molecule has 1 aromatic heterocycles. The number of fused-ring (bicyclic) bond motifs is 1. The number of benzene rings is 4. The van der Waals surface area contributed by atoms with E-state index >= 15 is 4.39 Å². The first-order chi connectivity index (χ1) is 20.1. The Kier molecular flexibility index (Phi) is 8.22. The first-order valence-electron chi connectivity index (χ1n) is 12.9. The van der Waals surface area contributed by atoms with Crippen molar-refractivity contribution >= 4 is 59.7 Å². The summed E-state index contributed by atoms with van der Waals surface area (Å²) in [4.78, 5) is 17.2. The number of nitrogens with zero attached hydrogens (tertiary/aromatic N) is 1. The molecule has 0 saturated heterocycles. The van der Waals surface area contributed by atoms with Gasteiger partial charge in [0.1, 0.15) is 5.82 Å². The van der Waals surface area contributed by atoms with E-state index in [9.17, 15) is 13.2 Å². The number of primary sulfonamides is 1. The van der Waals surface area contributed by atoms with Gasteiger partial charge in [0.25, 0.3) is 5.91 Å². The molecule has 5 N–H and O–H groups in total. The van der Waals surface area contributed by atoms with Crippen LogP contribution in [-0.2, 0) is 14.8 Å². The van der Waals surface area contributed by atoms with Gasteiger partial charge in [0, 0.05) is 27.2 Å². The predicted octanol–water partition coefficient (Wildman–Crippen LogP) is 7.29. The van der Waals surface area contributed by atoms with Crippen molar-refractivity contribution in [3.63, 3.8) is 0 Å². The van der Waals surface area contributed by atoms with E-state index in [-0.39, 0.29) is 16.9 Å². The molecule has 5 rings (SSSR count). The molecule has 0 aliphatic rings. The molecule has 0 spiro atoms. The van der Waals surface area contributed by atoms with Crippen LogP contribution in [0.2, 0.25) is 0 Å². The number of rotatable bonds is 7. The molecule has 0 bridgehead atoms. The minimum atomic E-state index is -3.96. The molecule has 0 aliphatic carbocycles. The Labute approximate surface area is 251 Å². The lowest BCUT2D eigenvalue weighted by atomic mass is 9.96. The number of aromatic nitrogens is 1. The summed E-state index contributed by atoms with van der Waals surface area (Å²) in [5.41, 5.74) is 9.91. The molecule has 4 aromatic carbocycles. The van der Waals surface area contributed by atoms with Crippen LogP contribution < -0.4 is 16.2 Å². The molecular formula is C32H26BrFN4O3S. The fourth-order valence-corrected chi connectivity index (χ4v) is 6.03. The molecule has 0 fully saturated rings. The van der Waals surface area contributed by atoms with Crippen LogP contribution in [0.15, 0.2) is 112 Å². The summed E-state index contributed by atoms with van der Waals surface area (Å²) in [6, 6.07) is 26.2. The maximum absolute atomic E-state index is 15.6. The van der Waals surface area contributed by atoms with Gasteiger partial charge >= 0.3 is 0 Å². The van der Waals surface area contributed by atoms with Crippen molar-refractivity contribution in [1.29, 1.82) is 0 Å². The fourth-order valence-electron chi connectivity index (χ4n) is 4.79. The highest BCUT2D eigenvalue weighted by Gasteiger charge is 2.19. The Morgan fingerprint density at radius 3 is 2.40 bits per heavy atom. The standard InChI is InChI=1S/C32H26BrFN4O3S/c1-2-24(22-7-5-6-20(16-22)21-11-10-19-14-15-37-31(35)26(19)17-21)30(34)32(39)38-28-13-12-23(18-27(28)33)25-8-3-4-9-29(25)42(36,40)41/h3-18H,2H2,1H3,(H2,35,37)(H,38,39)(H2,36,40,41)/b30-24+. The molecule has 212 valence electrons. The van der Waals surface area contributed by atoms with E-state index in [0.29, 0.717) is 32.7 Å². The molecule has 7 nitrogen and oxygen atoms in total. The SMILES string of the molecule is CC/C(=C(\F)C(=O)Nc1ccc(-c2ccccc2S(N)(=O)=O)cc1Br)c1cccc(-c2ccc3ccnc(N)c3c2)c1. The van der Waals surface area contributed by atoms with Gasteiger partial charge in [-0.3, -0.25) is 4.79 Å². The highest BCUT2D eigenvalue weighted by atomic mass is 79.9. The van der Waals surface area contributed by atoms with Crippen molar-refractivity contribution in [2.45, 2.75) is 18.2 Å². The Morgan fingerprint density at radius 1 is 0.929 bits per heavy atom. The van der Waals surface area contributed by atoms with Crippen molar-refractivity contribution in [2.75, 3.05) is 11.1 Å². The Balaban J connectivity index is 1.43. The zero-order chi connectivity index (χ0) is 30.0. The molecule has 0 radical (unpaired) electrons. The van der Waals surface area contributed by atoms with Gasteiger partial charge in [0.15, 0.2) is 5.83 Å². The summed E-state index contributed by atoms with van der Waals surface area (Å²) >= 11 is 3.41. The number of allylic oxidation sites excluding steroid dienone is 1. The molecule has 42 heavy (non-hydrogen) atoms. The van der Waals surface area contributed by atoms with Crippen molar-refractivity contribution in [2.24, 2.45) is 5.14 Å². The number of carbonyl (C=O) groups is 1. The van der Waals surface area contributed by atoms with Gasteiger partial charge in [0.2, 0.25) is 10.0 Å². The summed E-state index contributed by atoms with van der Waals surface area (Å²) in [5, 5.41) is 9.77. The largest absolute Gasteiger partial charge is 0.383 e. The number of nitrogens with two attached hydrogens (primary N) is 2. The number of carbonyl (C=O) groups excluding carboxylic acids is 1. The number of pyridine rings is 1. The number of anilines is 2. The molecule has 0 atom stereocenters. The zero-order valence-electron chi connectivity index (χ0n) is 22.4. The number of amides is 1. The number of halogens is 2. The van der Waals surface area contributed by atoms with E-state index in [0.717, 1.165) is 21.9 Å². The Morgan fingerprint density at radius 2 is 1.67 bits per heavy atom. The van der Waals surface area contributed by atoms with E-state index < -0.39 is 21.8 Å². The van der Waals surface area contributed by atoms with Crippen molar-refractivity contribution in [3.8, 4) is 22.3 Å². The normalized spacial score (nSPS) is 12.2. The third kappa shape index (κ3) is 5.96. The maximum atomic E-state index is 15.6. The molecule has 10 heteroatoms. The quantitative estimate of drug-likeness (QED) is 0.160. The minimum absolute atomic E-state index is 0.0266. The first-order valence-corrected chi connectivity index (χ1v) is 15.3. The first kappa shape index (κ1) is 29.1. The summed E-state index contributed by atoms with van der Waals surface area (Å²) < 4.78 is 40.1. The second-order valence-corrected chi connectivity index (χ2v) is 11.9. The van der Waals surface area contributed by atoms with Crippen LogP contribution >= 0.6 is 15.9 Å². The van der Waals surface area contributed by atoms with Crippen molar-refractivity contribution in [3.05, 3.63) is 113 Å². The molecule has 0 aliphatic heterocycles. The lowest BCUT2D eigenvalue weighted by Gasteiger charge is -2.13. The number of nitrogen functional groups attached to an aromatic ring is 1. The van der Waals surface area contributed by atoms with Crippen LogP contribution in [0.5, 0.6) is 0 Å². The third-order valence-electron chi connectivity index (χ3n) is 6.88. The number of hydrogen-bond donors (Lipinski definition) is 3. The highest BCUT2D eigenvalue weighted by molar-refractivity contribution is 9.10. The van der Waals surface area contributed by atoms with E-state index in [4.69, 9.17) is 10.9 Å². The molecule has 0 saturated carbocycles. The van der Waals surface area contributed by atoms with Gasteiger partial charge in [-0.05, 0) is 86.4 Å². The van der Waals surface area contributed by atoms with Crippen LogP contribution in [-0.4, -0.2) is 19.3 Å². The highest BCUT2D eigenvalue weighted by Crippen LogP contribution is 2.34. The van der Waals surface area contributed by atoms with Crippen LogP contribution in [0.25, 0.3) is 38.6 Å². The summed E-state index contributed by atoms with van der Waals surface area (Å²) in [6.45, 7) is 1.78. The Bertz CT molecular complexity index is 1990. The molecule has 1 amide bonds. The van der Waals surface area contributed by atoms with Gasteiger partial charge in [-0.1, -0.05) is 61.5 Å². The van der Waals surface area contributed by atoms with Gasteiger partial charge in [0.05, 0.1) is 10.6 Å². The van der Waals surface area contributed by atoms with Gasteiger partial charge < -0.3 is 11.1 Å². The van der Waals surface area contributed by atoms with Crippen molar-refractivity contribution < 1.29 is 17.6 Å². The molecule has 0 unspecified atom stereocenters.